The molecule has 0 fully saturated rings. The Morgan fingerprint density at radius 3 is 1.76 bits per heavy atom. The summed E-state index contributed by atoms with van der Waals surface area (Å²) in [6, 6.07) is 57.2. The van der Waals surface area contributed by atoms with E-state index in [0.717, 1.165) is 66.5 Å². The minimum Gasteiger partial charge on any atom is -0.309 e. The molecule has 2 aromatic heterocycles. The summed E-state index contributed by atoms with van der Waals surface area (Å²) in [6.07, 6.45) is 0. The Bertz CT molecular complexity index is 2870. The van der Waals surface area contributed by atoms with Gasteiger partial charge in [-0.15, -0.1) is 0 Å². The lowest BCUT2D eigenvalue weighted by atomic mass is 9.94. The van der Waals surface area contributed by atoms with Crippen molar-refractivity contribution in [1.82, 2.24) is 9.13 Å². The number of rotatable bonds is 4. The minimum absolute atomic E-state index is 0.616. The molecule has 9 aromatic rings. The molecule has 49 heavy (non-hydrogen) atoms. The van der Waals surface area contributed by atoms with Crippen LogP contribution in [0.25, 0.3) is 77.2 Å². The normalized spacial score (nSPS) is 11.3. The monoisotopic (exact) mass is 624 g/mol. The fraction of sp³-hybridized carbons (Fsp3) is 0.0222. The summed E-state index contributed by atoms with van der Waals surface area (Å²) >= 11 is 0. The van der Waals surface area contributed by atoms with E-state index < -0.39 is 0 Å². The lowest BCUT2D eigenvalue weighted by Gasteiger charge is -2.19. The summed E-state index contributed by atoms with van der Waals surface area (Å²) in [5.74, 6) is 0. The van der Waals surface area contributed by atoms with E-state index in [4.69, 9.17) is 0 Å². The third kappa shape index (κ3) is 4.36. The van der Waals surface area contributed by atoms with Crippen LogP contribution in [0.4, 0.5) is 0 Å². The second-order valence-electron chi connectivity index (χ2n) is 12.5. The fourth-order valence-corrected chi connectivity index (χ4v) is 7.49. The van der Waals surface area contributed by atoms with Gasteiger partial charge in [-0.25, -0.2) is 0 Å². The second kappa shape index (κ2) is 11.1. The number of fused-ring (bicyclic) bond motifs is 6. The largest absolute Gasteiger partial charge is 0.309 e. The van der Waals surface area contributed by atoms with Crippen molar-refractivity contribution in [2.75, 3.05) is 0 Å². The van der Waals surface area contributed by atoms with Gasteiger partial charge >= 0.3 is 0 Å². The molecule has 0 aliphatic carbocycles. The third-order valence-electron chi connectivity index (χ3n) is 9.66. The summed E-state index contributed by atoms with van der Waals surface area (Å²) in [4.78, 5) is 0. The molecule has 4 heteroatoms. The molecule has 0 aliphatic heterocycles. The van der Waals surface area contributed by atoms with Gasteiger partial charge in [0.15, 0.2) is 0 Å². The van der Waals surface area contributed by atoms with Crippen LogP contribution in [0.5, 0.6) is 0 Å². The average molecular weight is 625 g/mol. The van der Waals surface area contributed by atoms with E-state index in [1.54, 1.807) is 0 Å². The maximum atomic E-state index is 10.2. The molecule has 0 aliphatic rings. The maximum absolute atomic E-state index is 10.2. The Balaban J connectivity index is 1.37. The van der Waals surface area contributed by atoms with Crippen LogP contribution in [0, 0.1) is 29.6 Å². The Kier molecular flexibility index (Phi) is 6.44. The van der Waals surface area contributed by atoms with Crippen LogP contribution in [0.15, 0.2) is 152 Å². The number of aryl methyl sites for hydroxylation is 1. The van der Waals surface area contributed by atoms with E-state index in [-0.39, 0.29) is 0 Å². The maximum Gasteiger partial charge on any atom is 0.0998 e. The summed E-state index contributed by atoms with van der Waals surface area (Å²) in [5.41, 5.74) is 12.9. The standard InChI is InChI=1S/C45H28N4/c1-29-18-22-43-38(24-29)35-13-5-8-16-41(35)48(43)40-15-7-4-12-34(40)31-20-21-37(33-11-3-2-10-32(33)28-47)45(26-31)49-42-17-9-6-14-36(42)39-25-30(27-46)19-23-44(39)49/h2-26H,1H3. The number of nitrogens with zero attached hydrogens (tertiary/aromatic N) is 4. The van der Waals surface area contributed by atoms with Gasteiger partial charge in [-0.1, -0.05) is 96.6 Å². The van der Waals surface area contributed by atoms with Gasteiger partial charge < -0.3 is 9.13 Å². The second-order valence-corrected chi connectivity index (χ2v) is 12.5. The summed E-state index contributed by atoms with van der Waals surface area (Å²) < 4.78 is 4.66. The van der Waals surface area contributed by atoms with Crippen molar-refractivity contribution in [2.24, 2.45) is 0 Å². The van der Waals surface area contributed by atoms with Gasteiger partial charge in [0.05, 0.1) is 56.7 Å². The summed E-state index contributed by atoms with van der Waals surface area (Å²) in [6.45, 7) is 2.14. The van der Waals surface area contributed by atoms with Crippen LogP contribution in [0.1, 0.15) is 16.7 Å². The van der Waals surface area contributed by atoms with Crippen molar-refractivity contribution in [3.05, 3.63) is 168 Å². The molecular weight excluding hydrogens is 597 g/mol. The predicted octanol–water partition coefficient (Wildman–Crippen LogP) is 11.3. The van der Waals surface area contributed by atoms with Crippen molar-refractivity contribution < 1.29 is 0 Å². The zero-order valence-corrected chi connectivity index (χ0v) is 26.7. The highest BCUT2D eigenvalue weighted by atomic mass is 15.0. The van der Waals surface area contributed by atoms with E-state index in [1.807, 2.05) is 48.5 Å². The van der Waals surface area contributed by atoms with E-state index in [9.17, 15) is 10.5 Å². The Morgan fingerprint density at radius 1 is 0.429 bits per heavy atom. The van der Waals surface area contributed by atoms with Crippen molar-refractivity contribution in [2.45, 2.75) is 6.92 Å². The molecule has 0 atom stereocenters. The first kappa shape index (κ1) is 28.4. The Hall–Kier alpha value is -6.88. The third-order valence-corrected chi connectivity index (χ3v) is 9.66. The molecule has 0 saturated heterocycles. The Labute approximate surface area is 283 Å². The molecule has 0 spiro atoms. The van der Waals surface area contributed by atoms with E-state index in [0.29, 0.717) is 11.1 Å². The molecule has 4 nitrogen and oxygen atoms in total. The summed E-state index contributed by atoms with van der Waals surface area (Å²) in [5, 5.41) is 24.5. The molecule has 0 bridgehead atoms. The highest BCUT2D eigenvalue weighted by Gasteiger charge is 2.20. The van der Waals surface area contributed by atoms with Crippen LogP contribution in [0.3, 0.4) is 0 Å². The van der Waals surface area contributed by atoms with Crippen molar-refractivity contribution in [3.63, 3.8) is 0 Å². The average Bonchev–Trinajstić information content (AvgIpc) is 3.66. The highest BCUT2D eigenvalue weighted by molar-refractivity contribution is 6.11. The summed E-state index contributed by atoms with van der Waals surface area (Å²) in [7, 11) is 0. The first-order valence-corrected chi connectivity index (χ1v) is 16.3. The van der Waals surface area contributed by atoms with Crippen molar-refractivity contribution >= 4 is 43.6 Å². The molecule has 0 amide bonds. The highest BCUT2D eigenvalue weighted by Crippen LogP contribution is 2.41. The lowest BCUT2D eigenvalue weighted by molar-refractivity contribution is 1.17. The SMILES string of the molecule is Cc1ccc2c(c1)c1ccccc1n2-c1ccccc1-c1ccc(-c2ccccc2C#N)c(-n2c3ccccc3c3cc(C#N)ccc32)c1. The molecule has 9 rings (SSSR count). The van der Waals surface area contributed by atoms with Crippen LogP contribution < -0.4 is 0 Å². The van der Waals surface area contributed by atoms with E-state index in [1.165, 1.54) is 16.3 Å². The smallest absolute Gasteiger partial charge is 0.0998 e. The van der Waals surface area contributed by atoms with Gasteiger partial charge in [-0.05, 0) is 73.2 Å². The number of hydrogen-bond donors (Lipinski definition) is 0. The van der Waals surface area contributed by atoms with Gasteiger partial charge in [0, 0.05) is 38.2 Å². The molecule has 7 aromatic carbocycles. The van der Waals surface area contributed by atoms with Gasteiger partial charge in [0.2, 0.25) is 0 Å². The van der Waals surface area contributed by atoms with Crippen molar-refractivity contribution in [1.29, 1.82) is 10.5 Å². The van der Waals surface area contributed by atoms with E-state index in [2.05, 4.69) is 131 Å². The van der Waals surface area contributed by atoms with Crippen molar-refractivity contribution in [3.8, 4) is 45.8 Å². The van der Waals surface area contributed by atoms with Crippen LogP contribution >= 0.6 is 0 Å². The van der Waals surface area contributed by atoms with Crippen LogP contribution in [0.2, 0.25) is 0 Å². The first-order chi connectivity index (χ1) is 24.1. The van der Waals surface area contributed by atoms with Gasteiger partial charge in [-0.2, -0.15) is 10.5 Å². The molecule has 2 heterocycles. The number of benzene rings is 7. The first-order valence-electron chi connectivity index (χ1n) is 16.3. The molecule has 0 saturated carbocycles. The number of nitriles is 2. The fourth-order valence-electron chi connectivity index (χ4n) is 7.49. The predicted molar refractivity (Wildman–Crippen MR) is 200 cm³/mol. The zero-order valence-electron chi connectivity index (χ0n) is 26.7. The van der Waals surface area contributed by atoms with Crippen LogP contribution in [-0.2, 0) is 0 Å². The van der Waals surface area contributed by atoms with Gasteiger partial charge in [-0.3, -0.25) is 0 Å². The van der Waals surface area contributed by atoms with Gasteiger partial charge in [0.1, 0.15) is 0 Å². The van der Waals surface area contributed by atoms with Crippen LogP contribution in [-0.4, -0.2) is 9.13 Å². The molecule has 0 unspecified atom stereocenters. The topological polar surface area (TPSA) is 57.4 Å². The molecule has 0 N–H and O–H groups in total. The number of hydrogen-bond acceptors (Lipinski definition) is 2. The van der Waals surface area contributed by atoms with E-state index >= 15 is 0 Å². The zero-order chi connectivity index (χ0) is 33.1. The lowest BCUT2D eigenvalue weighted by Crippen LogP contribution is -2.01. The minimum atomic E-state index is 0.616. The number of aromatic nitrogens is 2. The Morgan fingerprint density at radius 2 is 1.02 bits per heavy atom. The molecule has 228 valence electrons. The molecule has 0 radical (unpaired) electrons. The quantitative estimate of drug-likeness (QED) is 0.196. The number of para-hydroxylation sites is 3. The molecular formula is C45H28N4. The van der Waals surface area contributed by atoms with Gasteiger partial charge in [0.25, 0.3) is 0 Å².